The van der Waals surface area contributed by atoms with Crippen molar-refractivity contribution >= 4 is 18.0 Å². The van der Waals surface area contributed by atoms with Crippen LogP contribution in [0.1, 0.15) is 42.9 Å². The number of fused-ring (bicyclic) bond motifs is 1. The number of rotatable bonds is 5. The van der Waals surface area contributed by atoms with Crippen molar-refractivity contribution in [3.8, 4) is 5.75 Å². The van der Waals surface area contributed by atoms with Crippen LogP contribution in [0.3, 0.4) is 0 Å². The average Bonchev–Trinajstić information content (AvgIpc) is 3.17. The van der Waals surface area contributed by atoms with Crippen LogP contribution in [-0.4, -0.2) is 19.4 Å². The second kappa shape index (κ2) is 7.77. The van der Waals surface area contributed by atoms with E-state index in [-0.39, 0.29) is 0 Å². The molecule has 3 heteroatoms. The van der Waals surface area contributed by atoms with Crippen molar-refractivity contribution < 1.29 is 4.74 Å². The van der Waals surface area contributed by atoms with Gasteiger partial charge in [-0.3, -0.25) is 5.01 Å². The second-order valence-electron chi connectivity index (χ2n) is 7.02. The van der Waals surface area contributed by atoms with Crippen molar-refractivity contribution in [1.82, 2.24) is 0 Å². The summed E-state index contributed by atoms with van der Waals surface area (Å²) >= 11 is 0. The highest BCUT2D eigenvalue weighted by atomic mass is 16.5. The smallest absolute Gasteiger partial charge is 0.122 e. The van der Waals surface area contributed by atoms with E-state index in [4.69, 9.17) is 4.74 Å². The van der Waals surface area contributed by atoms with Crippen LogP contribution < -0.4 is 9.75 Å². The Hall–Kier alpha value is -2.55. The quantitative estimate of drug-likeness (QED) is 0.739. The van der Waals surface area contributed by atoms with E-state index in [0.29, 0.717) is 0 Å². The Labute approximate surface area is 156 Å². The summed E-state index contributed by atoms with van der Waals surface area (Å²) in [5.74, 6) is 1.09. The van der Waals surface area contributed by atoms with Gasteiger partial charge >= 0.3 is 0 Å². The van der Waals surface area contributed by atoms with Gasteiger partial charge in [0, 0.05) is 0 Å². The second-order valence-corrected chi connectivity index (χ2v) is 7.02. The molecule has 2 aromatic carbocycles. The maximum atomic E-state index is 6.00. The molecule has 0 amide bonds. The van der Waals surface area contributed by atoms with Gasteiger partial charge in [-0.2, -0.15) is 5.10 Å². The van der Waals surface area contributed by atoms with E-state index in [9.17, 15) is 0 Å². The largest absolute Gasteiger partial charge is 0.493 e. The molecule has 1 heterocycles. The van der Waals surface area contributed by atoms with Crippen LogP contribution in [0.15, 0.2) is 53.1 Å². The molecule has 0 bridgehead atoms. The number of hydrazone groups is 1. The van der Waals surface area contributed by atoms with E-state index >= 15 is 0 Å². The van der Waals surface area contributed by atoms with Crippen molar-refractivity contribution in [1.29, 1.82) is 0 Å². The van der Waals surface area contributed by atoms with E-state index in [1.807, 2.05) is 12.3 Å². The fourth-order valence-electron chi connectivity index (χ4n) is 3.78. The van der Waals surface area contributed by atoms with E-state index in [0.717, 1.165) is 43.9 Å². The zero-order chi connectivity index (χ0) is 17.8. The third-order valence-corrected chi connectivity index (χ3v) is 5.08. The summed E-state index contributed by atoms with van der Waals surface area (Å²) in [6.07, 6.45) is 10.2. The Morgan fingerprint density at radius 2 is 1.85 bits per heavy atom. The zero-order valence-electron chi connectivity index (χ0n) is 15.4. The molecular formula is C23H26N2O. The highest BCUT2D eigenvalue weighted by molar-refractivity contribution is 5.90. The molecule has 0 saturated heterocycles. The molecule has 134 valence electrons. The van der Waals surface area contributed by atoms with Gasteiger partial charge in [-0.15, -0.1) is 0 Å². The predicted molar refractivity (Wildman–Crippen MR) is 109 cm³/mol. The van der Waals surface area contributed by atoms with Gasteiger partial charge in [-0.1, -0.05) is 31.2 Å². The molecule has 0 fully saturated rings. The first kappa shape index (κ1) is 16.9. The molecule has 1 aliphatic heterocycles. The van der Waals surface area contributed by atoms with E-state index < -0.39 is 0 Å². The highest BCUT2D eigenvalue weighted by Gasteiger charge is 2.19. The minimum atomic E-state index is 0.797. The molecule has 2 aliphatic rings. The number of benzene rings is 2. The van der Waals surface area contributed by atoms with Crippen LogP contribution in [0.25, 0.3) is 6.08 Å². The van der Waals surface area contributed by atoms with E-state index in [1.54, 1.807) is 0 Å². The van der Waals surface area contributed by atoms with Crippen molar-refractivity contribution in [3.05, 3.63) is 64.7 Å². The molecule has 0 saturated carbocycles. The van der Waals surface area contributed by atoms with Crippen molar-refractivity contribution in [2.24, 2.45) is 5.10 Å². The van der Waals surface area contributed by atoms with Crippen LogP contribution >= 0.6 is 0 Å². The zero-order valence-corrected chi connectivity index (χ0v) is 15.4. The number of para-hydroxylation sites is 1. The first-order chi connectivity index (χ1) is 12.8. The first-order valence-corrected chi connectivity index (χ1v) is 9.70. The molecule has 0 atom stereocenters. The summed E-state index contributed by atoms with van der Waals surface area (Å²) in [6, 6.07) is 14.7. The molecule has 0 spiro atoms. The highest BCUT2D eigenvalue weighted by Crippen LogP contribution is 2.34. The summed E-state index contributed by atoms with van der Waals surface area (Å²) in [5.41, 5.74) is 6.62. The van der Waals surface area contributed by atoms with Gasteiger partial charge < -0.3 is 4.74 Å². The Kier molecular flexibility index (Phi) is 5.05. The summed E-state index contributed by atoms with van der Waals surface area (Å²) < 4.78 is 6.00. The summed E-state index contributed by atoms with van der Waals surface area (Å²) in [4.78, 5) is 0. The molecule has 2 aromatic rings. The lowest BCUT2D eigenvalue weighted by Crippen LogP contribution is -2.13. The topological polar surface area (TPSA) is 24.8 Å². The van der Waals surface area contributed by atoms with Gasteiger partial charge in [0.15, 0.2) is 0 Å². The monoisotopic (exact) mass is 346 g/mol. The first-order valence-electron chi connectivity index (χ1n) is 9.70. The Morgan fingerprint density at radius 1 is 1.04 bits per heavy atom. The normalized spacial score (nSPS) is 17.6. The third-order valence-electron chi connectivity index (χ3n) is 5.08. The molecule has 0 aromatic heterocycles. The lowest BCUT2D eigenvalue weighted by atomic mass is 9.87. The molecule has 0 radical (unpaired) electrons. The summed E-state index contributed by atoms with van der Waals surface area (Å²) in [5, 5.41) is 6.62. The van der Waals surface area contributed by atoms with Gasteiger partial charge in [-0.05, 0) is 78.6 Å². The minimum absolute atomic E-state index is 0.797. The molecule has 0 N–H and O–H groups in total. The number of nitrogens with zero attached hydrogens (tertiary/aromatic N) is 2. The summed E-state index contributed by atoms with van der Waals surface area (Å²) in [7, 11) is 0. The van der Waals surface area contributed by atoms with Crippen molar-refractivity contribution in [3.63, 3.8) is 0 Å². The number of hydrogen-bond donors (Lipinski definition) is 0. The minimum Gasteiger partial charge on any atom is -0.493 e. The maximum Gasteiger partial charge on any atom is 0.122 e. The van der Waals surface area contributed by atoms with Crippen LogP contribution in [0.4, 0.5) is 5.69 Å². The standard InChI is InChI=1S/C23H26N2O/c1-2-14-26-23-13-12-19(21-10-6-7-11-22(21)23)15-18-16-24-25(17-18)20-8-4-3-5-9-20/h3-5,8-9,12-13,15-16H,2,6-7,10-11,14,17H2,1H3. The lowest BCUT2D eigenvalue weighted by molar-refractivity contribution is 0.312. The number of anilines is 1. The van der Waals surface area contributed by atoms with E-state index in [1.165, 1.54) is 35.1 Å². The van der Waals surface area contributed by atoms with Crippen LogP contribution in [0.5, 0.6) is 5.75 Å². The maximum absolute atomic E-state index is 6.00. The molecule has 0 unspecified atom stereocenters. The molecule has 4 rings (SSSR count). The number of hydrogen-bond acceptors (Lipinski definition) is 3. The SMILES string of the molecule is CCCOc1ccc(C=C2C=NN(c3ccccc3)C2)c2c1CCCC2. The Bertz CT molecular complexity index is 824. The fourth-order valence-corrected chi connectivity index (χ4v) is 3.78. The van der Waals surface area contributed by atoms with Crippen LogP contribution in [0, 0.1) is 0 Å². The third kappa shape index (κ3) is 3.52. The van der Waals surface area contributed by atoms with Gasteiger partial charge in [0.05, 0.1) is 25.1 Å². The van der Waals surface area contributed by atoms with Gasteiger partial charge in [-0.25, -0.2) is 0 Å². The van der Waals surface area contributed by atoms with Crippen molar-refractivity contribution in [2.45, 2.75) is 39.0 Å². The molecule has 3 nitrogen and oxygen atoms in total. The van der Waals surface area contributed by atoms with Gasteiger partial charge in [0.2, 0.25) is 0 Å². The fraction of sp³-hybridized carbons (Fsp3) is 0.348. The van der Waals surface area contributed by atoms with Gasteiger partial charge in [0.1, 0.15) is 5.75 Å². The Balaban J connectivity index is 1.59. The molecule has 1 aliphatic carbocycles. The Morgan fingerprint density at radius 3 is 2.65 bits per heavy atom. The molecular weight excluding hydrogens is 320 g/mol. The summed E-state index contributed by atoms with van der Waals surface area (Å²) in [6.45, 7) is 3.78. The number of ether oxygens (including phenoxy) is 1. The average molecular weight is 346 g/mol. The van der Waals surface area contributed by atoms with E-state index in [2.05, 4.69) is 59.5 Å². The van der Waals surface area contributed by atoms with Crippen molar-refractivity contribution in [2.75, 3.05) is 18.2 Å². The van der Waals surface area contributed by atoms with Crippen LogP contribution in [0.2, 0.25) is 0 Å². The van der Waals surface area contributed by atoms with Crippen LogP contribution in [-0.2, 0) is 12.8 Å². The predicted octanol–water partition coefficient (Wildman–Crippen LogP) is 5.24. The van der Waals surface area contributed by atoms with Gasteiger partial charge in [0.25, 0.3) is 0 Å². The molecule has 26 heavy (non-hydrogen) atoms. The lowest BCUT2D eigenvalue weighted by Gasteiger charge is -2.22.